The molecule has 0 heterocycles. The van der Waals surface area contributed by atoms with Crippen molar-refractivity contribution in [3.8, 4) is 0 Å². The topological polar surface area (TPSA) is 78.9 Å². The number of carbonyl (C=O) groups excluding carboxylic acids is 3. The fourth-order valence-corrected chi connectivity index (χ4v) is 9.62. The zero-order valence-electron chi connectivity index (χ0n) is 51.7. The van der Waals surface area contributed by atoms with Gasteiger partial charge in [-0.25, -0.2) is 0 Å². The molecule has 0 aromatic rings. The standard InChI is InChI=1S/C72H126O6/c1-4-7-10-13-16-19-21-23-25-27-29-31-33-35-36-38-39-41-43-45-47-49-51-53-56-59-62-65-71(74)77-68-69(67-76-70(73)64-61-58-55-18-15-12-9-6-3)78-72(75)66-63-60-57-54-52-50-48-46-44-42-40-37-34-32-30-28-26-24-22-20-17-14-11-8-5-2/h7,10,16,19,22-25,28-31,35-36,69H,4-6,8-9,11-15,17-18,20-21,26-27,32-34,37-68H2,1-3H3/b10-7-,19-16-,24-22-,25-23-,30-28-,31-29-,36-35-. The molecule has 0 N–H and O–H groups in total. The van der Waals surface area contributed by atoms with Gasteiger partial charge in [0.05, 0.1) is 0 Å². The molecular weight excluding hydrogens is 961 g/mol. The van der Waals surface area contributed by atoms with Crippen molar-refractivity contribution in [3.05, 3.63) is 85.1 Å². The molecule has 0 saturated heterocycles. The minimum Gasteiger partial charge on any atom is -0.462 e. The summed E-state index contributed by atoms with van der Waals surface area (Å²) in [4.78, 5) is 38.2. The predicted molar refractivity (Wildman–Crippen MR) is 339 cm³/mol. The third-order valence-electron chi connectivity index (χ3n) is 14.6. The van der Waals surface area contributed by atoms with Crippen LogP contribution in [-0.4, -0.2) is 37.2 Å². The lowest BCUT2D eigenvalue weighted by atomic mass is 10.0. The number of hydrogen-bond donors (Lipinski definition) is 0. The summed E-state index contributed by atoms with van der Waals surface area (Å²) < 4.78 is 16.9. The number of carbonyl (C=O) groups is 3. The Kier molecular flexibility index (Phi) is 63.2. The summed E-state index contributed by atoms with van der Waals surface area (Å²) in [7, 11) is 0. The summed E-state index contributed by atoms with van der Waals surface area (Å²) in [6, 6.07) is 0. The molecule has 0 aromatic carbocycles. The SMILES string of the molecule is CC/C=C\C/C=C\C/C=C\C/C=C\C/C=C\CCCCCCCCCCCCCC(=O)OCC(COC(=O)CCCCCCCCCC)OC(=O)CCCCCCCCCCCCCCC/C=C\C/C=C\CCCCCCC. The lowest BCUT2D eigenvalue weighted by molar-refractivity contribution is -0.167. The molecule has 0 aromatic heterocycles. The van der Waals surface area contributed by atoms with Gasteiger partial charge in [0.1, 0.15) is 13.2 Å². The average molecular weight is 1090 g/mol. The normalized spacial score (nSPS) is 12.6. The van der Waals surface area contributed by atoms with Gasteiger partial charge in [-0.1, -0.05) is 305 Å². The monoisotopic (exact) mass is 1090 g/mol. The van der Waals surface area contributed by atoms with Gasteiger partial charge in [-0.05, 0) is 96.3 Å². The zero-order valence-corrected chi connectivity index (χ0v) is 51.7. The van der Waals surface area contributed by atoms with Gasteiger partial charge in [0, 0.05) is 19.3 Å². The van der Waals surface area contributed by atoms with Crippen molar-refractivity contribution in [1.29, 1.82) is 0 Å². The Bertz CT molecular complexity index is 1480. The zero-order chi connectivity index (χ0) is 56.4. The molecule has 6 nitrogen and oxygen atoms in total. The van der Waals surface area contributed by atoms with Crippen molar-refractivity contribution >= 4 is 17.9 Å². The molecule has 78 heavy (non-hydrogen) atoms. The largest absolute Gasteiger partial charge is 0.462 e. The van der Waals surface area contributed by atoms with E-state index in [9.17, 15) is 14.4 Å². The molecule has 0 amide bonds. The van der Waals surface area contributed by atoms with Crippen LogP contribution in [0.25, 0.3) is 0 Å². The van der Waals surface area contributed by atoms with Crippen LogP contribution in [0.4, 0.5) is 0 Å². The van der Waals surface area contributed by atoms with E-state index in [-0.39, 0.29) is 31.1 Å². The summed E-state index contributed by atoms with van der Waals surface area (Å²) in [5.74, 6) is -0.868. The van der Waals surface area contributed by atoms with Crippen LogP contribution in [0.15, 0.2) is 85.1 Å². The number of unbranched alkanes of at least 4 members (excludes halogenated alkanes) is 36. The van der Waals surface area contributed by atoms with Crippen LogP contribution < -0.4 is 0 Å². The van der Waals surface area contributed by atoms with Gasteiger partial charge in [0.2, 0.25) is 0 Å². The van der Waals surface area contributed by atoms with Crippen LogP contribution in [-0.2, 0) is 28.6 Å². The summed E-state index contributed by atoms with van der Waals surface area (Å²) in [5.41, 5.74) is 0. The lowest BCUT2D eigenvalue weighted by Gasteiger charge is -2.18. The molecular formula is C72H126O6. The Labute approximate surface area is 484 Å². The maximum atomic E-state index is 12.9. The minimum absolute atomic E-state index is 0.0742. The van der Waals surface area contributed by atoms with Gasteiger partial charge in [-0.15, -0.1) is 0 Å². The number of rotatable bonds is 61. The Hall–Kier alpha value is -3.41. The Morgan fingerprint density at radius 3 is 0.782 bits per heavy atom. The fraction of sp³-hybridized carbons (Fsp3) is 0.764. The van der Waals surface area contributed by atoms with Crippen molar-refractivity contribution in [1.82, 2.24) is 0 Å². The Morgan fingerprint density at radius 1 is 0.269 bits per heavy atom. The van der Waals surface area contributed by atoms with Crippen molar-refractivity contribution in [2.75, 3.05) is 13.2 Å². The Morgan fingerprint density at radius 2 is 0.500 bits per heavy atom. The molecule has 6 heteroatoms. The van der Waals surface area contributed by atoms with Crippen LogP contribution in [0.1, 0.15) is 335 Å². The summed E-state index contributed by atoms with van der Waals surface area (Å²) >= 11 is 0. The third kappa shape index (κ3) is 63.4. The van der Waals surface area contributed by atoms with E-state index in [2.05, 4.69) is 106 Å². The van der Waals surface area contributed by atoms with E-state index >= 15 is 0 Å². The molecule has 0 fully saturated rings. The molecule has 0 aliphatic rings. The Balaban J connectivity index is 4.15. The first-order valence-electron chi connectivity index (χ1n) is 33.6. The van der Waals surface area contributed by atoms with Crippen molar-refractivity contribution in [2.24, 2.45) is 0 Å². The maximum Gasteiger partial charge on any atom is 0.306 e. The summed E-state index contributed by atoms with van der Waals surface area (Å²) in [6.07, 6.45) is 87.6. The van der Waals surface area contributed by atoms with E-state index in [4.69, 9.17) is 14.2 Å². The highest BCUT2D eigenvalue weighted by Gasteiger charge is 2.19. The van der Waals surface area contributed by atoms with Crippen LogP contribution >= 0.6 is 0 Å². The molecule has 0 radical (unpaired) electrons. The summed E-state index contributed by atoms with van der Waals surface area (Å²) in [6.45, 7) is 6.52. The second-order valence-corrected chi connectivity index (χ2v) is 22.4. The first kappa shape index (κ1) is 74.6. The first-order valence-corrected chi connectivity index (χ1v) is 33.6. The van der Waals surface area contributed by atoms with E-state index in [0.717, 1.165) is 96.3 Å². The van der Waals surface area contributed by atoms with Gasteiger partial charge in [-0.2, -0.15) is 0 Å². The van der Waals surface area contributed by atoms with Crippen molar-refractivity contribution < 1.29 is 28.6 Å². The van der Waals surface area contributed by atoms with E-state index in [1.807, 2.05) is 0 Å². The molecule has 1 atom stereocenters. The lowest BCUT2D eigenvalue weighted by Crippen LogP contribution is -2.30. The van der Waals surface area contributed by atoms with Gasteiger partial charge in [0.15, 0.2) is 6.10 Å². The average Bonchev–Trinajstić information content (AvgIpc) is 3.44. The minimum atomic E-state index is -0.776. The number of ether oxygens (including phenoxy) is 3. The second-order valence-electron chi connectivity index (χ2n) is 22.4. The molecule has 0 bridgehead atoms. The van der Waals surface area contributed by atoms with Crippen molar-refractivity contribution in [2.45, 2.75) is 341 Å². The molecule has 0 aliphatic carbocycles. The maximum absolute atomic E-state index is 12.9. The number of allylic oxidation sites excluding steroid dienone is 14. The van der Waals surface area contributed by atoms with Gasteiger partial charge >= 0.3 is 17.9 Å². The first-order chi connectivity index (χ1) is 38.5. The van der Waals surface area contributed by atoms with Crippen LogP contribution in [0.5, 0.6) is 0 Å². The van der Waals surface area contributed by atoms with Gasteiger partial charge in [-0.3, -0.25) is 14.4 Å². The predicted octanol–water partition coefficient (Wildman–Crippen LogP) is 23.1. The highest BCUT2D eigenvalue weighted by molar-refractivity contribution is 5.71. The van der Waals surface area contributed by atoms with E-state index in [0.29, 0.717) is 19.3 Å². The second kappa shape index (κ2) is 66.1. The van der Waals surface area contributed by atoms with E-state index in [1.165, 1.54) is 199 Å². The number of hydrogen-bond acceptors (Lipinski definition) is 6. The van der Waals surface area contributed by atoms with Gasteiger partial charge < -0.3 is 14.2 Å². The van der Waals surface area contributed by atoms with Gasteiger partial charge in [0.25, 0.3) is 0 Å². The highest BCUT2D eigenvalue weighted by Crippen LogP contribution is 2.17. The summed E-state index contributed by atoms with van der Waals surface area (Å²) in [5, 5.41) is 0. The highest BCUT2D eigenvalue weighted by atomic mass is 16.6. The number of esters is 3. The smallest absolute Gasteiger partial charge is 0.306 e. The fourth-order valence-electron chi connectivity index (χ4n) is 9.62. The molecule has 0 aliphatic heterocycles. The molecule has 0 saturated carbocycles. The third-order valence-corrected chi connectivity index (χ3v) is 14.6. The molecule has 450 valence electrons. The van der Waals surface area contributed by atoms with E-state index < -0.39 is 6.10 Å². The molecule has 1 unspecified atom stereocenters. The van der Waals surface area contributed by atoms with Crippen molar-refractivity contribution in [3.63, 3.8) is 0 Å². The van der Waals surface area contributed by atoms with Crippen LogP contribution in [0, 0.1) is 0 Å². The van der Waals surface area contributed by atoms with Crippen LogP contribution in [0.2, 0.25) is 0 Å². The van der Waals surface area contributed by atoms with Crippen LogP contribution in [0.3, 0.4) is 0 Å². The van der Waals surface area contributed by atoms with E-state index in [1.54, 1.807) is 0 Å². The molecule has 0 rings (SSSR count). The molecule has 0 spiro atoms. The quantitative estimate of drug-likeness (QED) is 0.0261.